The van der Waals surface area contributed by atoms with Gasteiger partial charge in [0.05, 0.1) is 24.2 Å². The number of nitrogens with zero attached hydrogens (tertiary/aromatic N) is 3. The quantitative estimate of drug-likeness (QED) is 0.156. The van der Waals surface area contributed by atoms with Crippen LogP contribution >= 0.6 is 11.3 Å². The first-order valence-electron chi connectivity index (χ1n) is 17.1. The number of aliphatic hydroxyl groups is 1. The summed E-state index contributed by atoms with van der Waals surface area (Å²) < 4.78 is 35.4. The highest BCUT2D eigenvalue weighted by Gasteiger charge is 2.40. The number of hydrogen-bond acceptors (Lipinski definition) is 7. The lowest BCUT2D eigenvalue weighted by Gasteiger charge is -2.34. The number of thiophene rings is 1. The first-order chi connectivity index (χ1) is 23.9. The molecule has 1 aliphatic rings. The van der Waals surface area contributed by atoms with Crippen molar-refractivity contribution in [2.45, 2.75) is 63.7 Å². The lowest BCUT2D eigenvalue weighted by molar-refractivity contribution is -0.128. The van der Waals surface area contributed by atoms with Crippen molar-refractivity contribution in [1.29, 1.82) is 0 Å². The average Bonchev–Trinajstić information content (AvgIpc) is 3.67. The smallest absolute Gasteiger partial charge is 0.321 e. The molecular formula is C38H48N4O6S2. The molecule has 0 unspecified atom stereocenters. The van der Waals surface area contributed by atoms with Crippen LogP contribution < -0.4 is 10.1 Å². The number of benzene rings is 3. The van der Waals surface area contributed by atoms with Crippen LogP contribution in [-0.2, 0) is 27.8 Å². The van der Waals surface area contributed by atoms with E-state index in [1.54, 1.807) is 33.3 Å². The van der Waals surface area contributed by atoms with Gasteiger partial charge in [-0.3, -0.25) is 4.79 Å². The van der Waals surface area contributed by atoms with Crippen LogP contribution in [0, 0.1) is 11.8 Å². The van der Waals surface area contributed by atoms with Crippen LogP contribution in [0.4, 0.5) is 4.79 Å². The van der Waals surface area contributed by atoms with Gasteiger partial charge in [0.25, 0.3) is 0 Å². The number of aliphatic hydroxyl groups excluding tert-OH is 1. The molecule has 3 amide bonds. The van der Waals surface area contributed by atoms with Crippen molar-refractivity contribution in [2.24, 2.45) is 11.8 Å². The molecule has 1 fully saturated rings. The molecule has 268 valence electrons. The zero-order chi connectivity index (χ0) is 36.0. The van der Waals surface area contributed by atoms with Gasteiger partial charge in [-0.05, 0) is 70.5 Å². The molecule has 50 heavy (non-hydrogen) atoms. The third-order valence-corrected chi connectivity index (χ3v) is 11.9. The van der Waals surface area contributed by atoms with Gasteiger partial charge >= 0.3 is 6.03 Å². The third kappa shape index (κ3) is 8.66. The number of hydrogen-bond donors (Lipinski definition) is 2. The number of sulfonamides is 1. The summed E-state index contributed by atoms with van der Waals surface area (Å²) in [4.78, 5) is 31.5. The van der Waals surface area contributed by atoms with Crippen LogP contribution in [0.2, 0.25) is 0 Å². The number of carbonyl (C=O) groups excluding carboxylic acids is 2. The van der Waals surface area contributed by atoms with Gasteiger partial charge in [-0.25, -0.2) is 13.2 Å². The molecule has 10 nitrogen and oxygen atoms in total. The summed E-state index contributed by atoms with van der Waals surface area (Å²) in [6, 6.07) is 21.9. The second-order valence-electron chi connectivity index (χ2n) is 13.6. The zero-order valence-corrected chi connectivity index (χ0v) is 31.0. The number of ether oxygens (including phenoxy) is 1. The van der Waals surface area contributed by atoms with Crippen molar-refractivity contribution in [2.75, 3.05) is 33.3 Å². The second-order valence-corrected chi connectivity index (χ2v) is 16.5. The molecule has 5 rings (SSSR count). The number of urea groups is 1. The van der Waals surface area contributed by atoms with Crippen molar-refractivity contribution in [1.82, 2.24) is 19.4 Å². The summed E-state index contributed by atoms with van der Waals surface area (Å²) in [5.41, 5.74) is 1.95. The van der Waals surface area contributed by atoms with E-state index in [2.05, 4.69) is 22.8 Å². The van der Waals surface area contributed by atoms with Crippen molar-refractivity contribution in [3.63, 3.8) is 0 Å². The number of carbonyl (C=O) groups is 2. The molecule has 0 radical (unpaired) electrons. The maximum atomic E-state index is 14.2. The van der Waals surface area contributed by atoms with Crippen LogP contribution in [0.25, 0.3) is 10.1 Å². The van der Waals surface area contributed by atoms with Gasteiger partial charge < -0.3 is 25.0 Å². The number of methoxy groups -OCH3 is 1. The SMILES string of the molecule is COc1ccc(S(=O)(=O)N(CC(C)C)C[C@@H](O)[C@H](Cc2ccccc2)NC(=O)[C@H](C(C)C)N2CCN(Cc3csc4ccccc34)C2=O)cc1. The number of fused-ring (bicyclic) bond motifs is 1. The van der Waals surface area contributed by atoms with E-state index in [1.807, 2.05) is 70.2 Å². The molecule has 0 spiro atoms. The highest BCUT2D eigenvalue weighted by Crippen LogP contribution is 2.29. The first kappa shape index (κ1) is 37.3. The normalized spacial score (nSPS) is 15.7. The first-order valence-corrected chi connectivity index (χ1v) is 19.4. The van der Waals surface area contributed by atoms with E-state index in [-0.39, 0.29) is 48.2 Å². The summed E-state index contributed by atoms with van der Waals surface area (Å²) in [5.74, 6) is -0.101. The number of nitrogens with one attached hydrogen (secondary N) is 1. The zero-order valence-electron chi connectivity index (χ0n) is 29.4. The van der Waals surface area contributed by atoms with Crippen LogP contribution in [0.3, 0.4) is 0 Å². The minimum absolute atomic E-state index is 0.0288. The maximum Gasteiger partial charge on any atom is 0.321 e. The van der Waals surface area contributed by atoms with Gasteiger partial charge in [-0.1, -0.05) is 76.2 Å². The summed E-state index contributed by atoms with van der Waals surface area (Å²) in [6.07, 6.45) is -0.988. The summed E-state index contributed by atoms with van der Waals surface area (Å²) in [5, 5.41) is 18.0. The van der Waals surface area contributed by atoms with Crippen molar-refractivity contribution < 1.29 is 27.9 Å². The molecule has 1 aromatic heterocycles. The van der Waals surface area contributed by atoms with E-state index in [0.717, 1.165) is 21.2 Å². The topological polar surface area (TPSA) is 119 Å². The highest BCUT2D eigenvalue weighted by atomic mass is 32.2. The number of amides is 3. The highest BCUT2D eigenvalue weighted by molar-refractivity contribution is 7.89. The predicted molar refractivity (Wildman–Crippen MR) is 198 cm³/mol. The minimum Gasteiger partial charge on any atom is -0.497 e. The largest absolute Gasteiger partial charge is 0.497 e. The molecule has 3 atom stereocenters. The molecule has 2 N–H and O–H groups in total. The molecular weight excluding hydrogens is 673 g/mol. The van der Waals surface area contributed by atoms with E-state index in [1.165, 1.54) is 23.5 Å². The molecule has 2 heterocycles. The van der Waals surface area contributed by atoms with Gasteiger partial charge in [0.1, 0.15) is 11.8 Å². The summed E-state index contributed by atoms with van der Waals surface area (Å²) in [7, 11) is -2.48. The molecule has 0 bridgehead atoms. The van der Waals surface area contributed by atoms with E-state index < -0.39 is 28.2 Å². The Labute approximate surface area is 299 Å². The Hall–Kier alpha value is -3.97. The molecule has 4 aromatic rings. The standard InChI is InChI=1S/C38H48N4O6S2/c1-26(2)22-41(50(46,47)31-17-15-30(48-5)16-18-31)24-34(43)33(21-28-11-7-6-8-12-28)39-37(44)36(27(3)4)42-20-19-40(38(42)45)23-29-25-49-35-14-10-9-13-32(29)35/h6-18,25-27,33-34,36,43H,19-24H2,1-5H3,(H,39,44)/t33-,34+,36-/m0/s1. The molecule has 12 heteroatoms. The average molecular weight is 721 g/mol. The summed E-state index contributed by atoms with van der Waals surface area (Å²) in [6.45, 7) is 8.91. The fourth-order valence-electron chi connectivity index (χ4n) is 6.50. The maximum absolute atomic E-state index is 14.2. The third-order valence-electron chi connectivity index (χ3n) is 9.03. The van der Waals surface area contributed by atoms with Gasteiger partial charge in [0, 0.05) is 37.4 Å². The van der Waals surface area contributed by atoms with E-state index in [0.29, 0.717) is 25.4 Å². The Morgan fingerprint density at radius 2 is 1.64 bits per heavy atom. The van der Waals surface area contributed by atoms with Crippen molar-refractivity contribution in [3.8, 4) is 5.75 Å². The van der Waals surface area contributed by atoms with Crippen LogP contribution in [0.1, 0.15) is 38.8 Å². The molecule has 1 saturated heterocycles. The monoisotopic (exact) mass is 720 g/mol. The Morgan fingerprint density at radius 1 is 0.960 bits per heavy atom. The number of rotatable bonds is 16. The van der Waals surface area contributed by atoms with Gasteiger partial charge in [0.15, 0.2) is 0 Å². The van der Waals surface area contributed by atoms with E-state index >= 15 is 0 Å². The molecule has 0 saturated carbocycles. The lowest BCUT2D eigenvalue weighted by atomic mass is 9.97. The Bertz CT molecular complexity index is 1850. The predicted octanol–water partition coefficient (Wildman–Crippen LogP) is 5.61. The Balaban J connectivity index is 1.36. The molecule has 0 aliphatic carbocycles. The van der Waals surface area contributed by atoms with Crippen molar-refractivity contribution in [3.05, 3.63) is 95.4 Å². The van der Waals surface area contributed by atoms with Crippen LogP contribution in [-0.4, -0.2) is 91.0 Å². The Kier molecular flexibility index (Phi) is 12.2. The second kappa shape index (κ2) is 16.4. The van der Waals surface area contributed by atoms with Crippen molar-refractivity contribution >= 4 is 43.4 Å². The van der Waals surface area contributed by atoms with Gasteiger partial charge in [-0.15, -0.1) is 11.3 Å². The molecule has 3 aromatic carbocycles. The minimum atomic E-state index is -4.00. The molecule has 1 aliphatic heterocycles. The van der Waals surface area contributed by atoms with Crippen LogP contribution in [0.15, 0.2) is 89.1 Å². The van der Waals surface area contributed by atoms with E-state index in [9.17, 15) is 23.1 Å². The van der Waals surface area contributed by atoms with Gasteiger partial charge in [-0.2, -0.15) is 4.31 Å². The summed E-state index contributed by atoms with van der Waals surface area (Å²) >= 11 is 1.65. The van der Waals surface area contributed by atoms with Crippen LogP contribution in [0.5, 0.6) is 5.75 Å². The van der Waals surface area contributed by atoms with E-state index in [4.69, 9.17) is 4.74 Å². The Morgan fingerprint density at radius 3 is 2.30 bits per heavy atom. The fraction of sp³-hybridized carbons (Fsp3) is 0.421. The van der Waals surface area contributed by atoms with Gasteiger partial charge in [0.2, 0.25) is 15.9 Å². The lowest BCUT2D eigenvalue weighted by Crippen LogP contribution is -2.57. The fourth-order valence-corrected chi connectivity index (χ4v) is 9.08.